The van der Waals surface area contributed by atoms with E-state index in [1.54, 1.807) is 0 Å². The van der Waals surface area contributed by atoms with Gasteiger partial charge in [-0.3, -0.25) is 0 Å². The predicted molar refractivity (Wildman–Crippen MR) is 74.3 cm³/mol. The van der Waals surface area contributed by atoms with Crippen molar-refractivity contribution in [2.75, 3.05) is 6.54 Å². The molecular formula is C14H24N2S. The van der Waals surface area contributed by atoms with Crippen molar-refractivity contribution in [1.82, 2.24) is 10.3 Å². The highest BCUT2D eigenvalue weighted by molar-refractivity contribution is 7.09. The van der Waals surface area contributed by atoms with Crippen molar-refractivity contribution in [1.29, 1.82) is 0 Å². The van der Waals surface area contributed by atoms with E-state index < -0.39 is 0 Å². The second kappa shape index (κ2) is 7.12. The van der Waals surface area contributed by atoms with Crippen LogP contribution >= 0.6 is 11.3 Å². The molecule has 0 radical (unpaired) electrons. The van der Waals surface area contributed by atoms with Crippen LogP contribution in [-0.2, 0) is 0 Å². The van der Waals surface area contributed by atoms with Crippen LogP contribution in [0.1, 0.15) is 62.9 Å². The van der Waals surface area contributed by atoms with Crippen LogP contribution < -0.4 is 5.32 Å². The van der Waals surface area contributed by atoms with Crippen molar-refractivity contribution < 1.29 is 0 Å². The molecule has 1 aliphatic carbocycles. The topological polar surface area (TPSA) is 24.9 Å². The summed E-state index contributed by atoms with van der Waals surface area (Å²) in [6.45, 7) is 3.35. The molecule has 1 atom stereocenters. The first kappa shape index (κ1) is 13.0. The molecule has 2 rings (SSSR count). The molecule has 1 unspecified atom stereocenters. The first-order valence-electron chi connectivity index (χ1n) is 7.04. The zero-order chi connectivity index (χ0) is 11.9. The van der Waals surface area contributed by atoms with Crippen LogP contribution in [0.3, 0.4) is 0 Å². The minimum Gasteiger partial charge on any atom is -0.308 e. The van der Waals surface area contributed by atoms with Gasteiger partial charge in [-0.25, -0.2) is 4.98 Å². The van der Waals surface area contributed by atoms with Crippen LogP contribution in [0, 0.1) is 5.92 Å². The van der Waals surface area contributed by atoms with Crippen molar-refractivity contribution >= 4 is 11.3 Å². The van der Waals surface area contributed by atoms with Gasteiger partial charge >= 0.3 is 0 Å². The normalized spacial score (nSPS) is 20.1. The van der Waals surface area contributed by atoms with Gasteiger partial charge in [-0.1, -0.05) is 32.6 Å². The fraction of sp³-hybridized carbons (Fsp3) is 0.786. The van der Waals surface area contributed by atoms with E-state index in [1.807, 2.05) is 17.5 Å². The smallest absolute Gasteiger partial charge is 0.110 e. The lowest BCUT2D eigenvalue weighted by Crippen LogP contribution is -2.28. The Morgan fingerprint density at radius 3 is 2.71 bits per heavy atom. The summed E-state index contributed by atoms with van der Waals surface area (Å²) in [7, 11) is 0. The molecule has 96 valence electrons. The molecule has 1 aliphatic rings. The quantitative estimate of drug-likeness (QED) is 0.796. The molecule has 1 heterocycles. The Balaban J connectivity index is 2.02. The minimum absolute atomic E-state index is 0.507. The van der Waals surface area contributed by atoms with Crippen LogP contribution in [0.4, 0.5) is 0 Å². The molecule has 2 nitrogen and oxygen atoms in total. The van der Waals surface area contributed by atoms with E-state index in [0.29, 0.717) is 6.04 Å². The maximum absolute atomic E-state index is 4.53. The molecule has 17 heavy (non-hydrogen) atoms. The molecule has 0 spiro atoms. The fourth-order valence-corrected chi connectivity index (χ4v) is 3.59. The maximum Gasteiger partial charge on any atom is 0.110 e. The maximum atomic E-state index is 4.53. The molecule has 0 aliphatic heterocycles. The van der Waals surface area contributed by atoms with Gasteiger partial charge in [0.1, 0.15) is 5.01 Å². The van der Waals surface area contributed by atoms with Crippen molar-refractivity contribution in [2.24, 2.45) is 5.92 Å². The summed E-state index contributed by atoms with van der Waals surface area (Å²) in [5, 5.41) is 7.12. The summed E-state index contributed by atoms with van der Waals surface area (Å²) in [5.74, 6) is 0.801. The standard InChI is InChI=1S/C14H24N2S/c1-2-9-15-13(14-16-10-11-17-14)12-7-5-3-4-6-8-12/h10-13,15H,2-9H2,1H3. The molecule has 1 aromatic rings. The summed E-state index contributed by atoms with van der Waals surface area (Å²) in [6.07, 6.45) is 11.6. The number of hydrogen-bond donors (Lipinski definition) is 1. The first-order chi connectivity index (χ1) is 8.42. The van der Waals surface area contributed by atoms with Crippen molar-refractivity contribution in [3.05, 3.63) is 16.6 Å². The second-order valence-electron chi connectivity index (χ2n) is 5.05. The Kier molecular flexibility index (Phi) is 5.46. The van der Waals surface area contributed by atoms with Crippen LogP contribution in [0.2, 0.25) is 0 Å². The summed E-state index contributed by atoms with van der Waals surface area (Å²) in [4.78, 5) is 4.53. The second-order valence-corrected chi connectivity index (χ2v) is 5.98. The third-order valence-electron chi connectivity index (χ3n) is 3.70. The van der Waals surface area contributed by atoms with E-state index in [2.05, 4.69) is 22.6 Å². The van der Waals surface area contributed by atoms with E-state index in [9.17, 15) is 0 Å². The predicted octanol–water partition coefficient (Wildman–Crippen LogP) is 4.15. The van der Waals surface area contributed by atoms with Gasteiger partial charge in [-0.05, 0) is 31.7 Å². The third kappa shape index (κ3) is 3.78. The lowest BCUT2D eigenvalue weighted by Gasteiger charge is -2.25. The number of nitrogens with one attached hydrogen (secondary N) is 1. The Morgan fingerprint density at radius 2 is 2.12 bits per heavy atom. The lowest BCUT2D eigenvalue weighted by atomic mass is 9.92. The number of nitrogens with zero attached hydrogens (tertiary/aromatic N) is 1. The van der Waals surface area contributed by atoms with Gasteiger partial charge in [0.25, 0.3) is 0 Å². The number of hydrogen-bond acceptors (Lipinski definition) is 3. The Hall–Kier alpha value is -0.410. The van der Waals surface area contributed by atoms with Gasteiger partial charge in [0.05, 0.1) is 6.04 Å². The van der Waals surface area contributed by atoms with Gasteiger partial charge in [0.2, 0.25) is 0 Å². The van der Waals surface area contributed by atoms with E-state index in [4.69, 9.17) is 0 Å². The van der Waals surface area contributed by atoms with Crippen LogP contribution in [-0.4, -0.2) is 11.5 Å². The van der Waals surface area contributed by atoms with Gasteiger partial charge in [0, 0.05) is 11.6 Å². The number of aromatic nitrogens is 1. The van der Waals surface area contributed by atoms with E-state index in [0.717, 1.165) is 12.5 Å². The van der Waals surface area contributed by atoms with Crippen LogP contribution in [0.15, 0.2) is 11.6 Å². The van der Waals surface area contributed by atoms with Crippen LogP contribution in [0.25, 0.3) is 0 Å². The van der Waals surface area contributed by atoms with Gasteiger partial charge in [-0.2, -0.15) is 0 Å². The highest BCUT2D eigenvalue weighted by Gasteiger charge is 2.25. The summed E-state index contributed by atoms with van der Waals surface area (Å²) in [5.41, 5.74) is 0. The molecule has 0 amide bonds. The first-order valence-corrected chi connectivity index (χ1v) is 7.92. The van der Waals surface area contributed by atoms with E-state index >= 15 is 0 Å². The molecule has 1 saturated carbocycles. The van der Waals surface area contributed by atoms with Gasteiger partial charge in [-0.15, -0.1) is 11.3 Å². The SMILES string of the molecule is CCCNC(c1nccs1)C1CCCCCC1. The summed E-state index contributed by atoms with van der Waals surface area (Å²) < 4.78 is 0. The fourth-order valence-electron chi connectivity index (χ4n) is 2.79. The van der Waals surface area contributed by atoms with Crippen molar-refractivity contribution in [2.45, 2.75) is 57.9 Å². The number of rotatable bonds is 5. The average molecular weight is 252 g/mol. The highest BCUT2D eigenvalue weighted by atomic mass is 32.1. The average Bonchev–Trinajstić information content (AvgIpc) is 2.73. The molecule has 0 aromatic carbocycles. The molecule has 0 bridgehead atoms. The van der Waals surface area contributed by atoms with Gasteiger partial charge in [0.15, 0.2) is 0 Å². The Labute approximate surface area is 109 Å². The Bertz CT molecular complexity index is 289. The molecule has 1 aromatic heterocycles. The zero-order valence-corrected chi connectivity index (χ0v) is 11.6. The largest absolute Gasteiger partial charge is 0.308 e. The van der Waals surface area contributed by atoms with E-state index in [-0.39, 0.29) is 0 Å². The molecule has 3 heteroatoms. The van der Waals surface area contributed by atoms with E-state index in [1.165, 1.54) is 50.0 Å². The third-order valence-corrected chi connectivity index (χ3v) is 4.56. The molecule has 1 fully saturated rings. The highest BCUT2D eigenvalue weighted by Crippen LogP contribution is 2.34. The monoisotopic (exact) mass is 252 g/mol. The zero-order valence-electron chi connectivity index (χ0n) is 10.8. The number of thiazole rings is 1. The molecule has 0 saturated heterocycles. The molecule has 1 N–H and O–H groups in total. The Morgan fingerprint density at radius 1 is 1.35 bits per heavy atom. The van der Waals surface area contributed by atoms with Crippen molar-refractivity contribution in [3.63, 3.8) is 0 Å². The van der Waals surface area contributed by atoms with Gasteiger partial charge < -0.3 is 5.32 Å². The lowest BCUT2D eigenvalue weighted by molar-refractivity contribution is 0.325. The minimum atomic E-state index is 0.507. The van der Waals surface area contributed by atoms with Crippen molar-refractivity contribution in [3.8, 4) is 0 Å². The summed E-state index contributed by atoms with van der Waals surface area (Å²) >= 11 is 1.81. The summed E-state index contributed by atoms with van der Waals surface area (Å²) in [6, 6.07) is 0.507. The molecular weight excluding hydrogens is 228 g/mol. The van der Waals surface area contributed by atoms with Crippen LogP contribution in [0.5, 0.6) is 0 Å².